The number of hydrogen-bond donors (Lipinski definition) is 1. The highest BCUT2D eigenvalue weighted by atomic mass is 35.5. The van der Waals surface area contributed by atoms with Crippen molar-refractivity contribution in [3.05, 3.63) is 52.9 Å². The minimum Gasteiger partial charge on any atom is -0.495 e. The maximum absolute atomic E-state index is 12.4. The average Bonchev–Trinajstić information content (AvgIpc) is 3.11. The van der Waals surface area contributed by atoms with E-state index in [2.05, 4.69) is 15.5 Å². The number of nitrogens with zero attached hydrogens (tertiary/aromatic N) is 2. The first-order valence-corrected chi connectivity index (χ1v) is 8.49. The Kier molecular flexibility index (Phi) is 5.61. The Morgan fingerprint density at radius 1 is 1.19 bits per heavy atom. The number of carbonyl (C=O) groups excluding carboxylic acids is 1. The minimum atomic E-state index is -0.336. The van der Waals surface area contributed by atoms with Gasteiger partial charge in [0.25, 0.3) is 0 Å². The molecule has 3 rings (SSSR count). The molecule has 0 aliphatic carbocycles. The first kappa shape index (κ1) is 18.7. The summed E-state index contributed by atoms with van der Waals surface area (Å²) in [6.07, 6.45) is -0.0764. The van der Waals surface area contributed by atoms with Crippen molar-refractivity contribution < 1.29 is 18.8 Å². The van der Waals surface area contributed by atoms with E-state index in [0.29, 0.717) is 28.0 Å². The van der Waals surface area contributed by atoms with Crippen molar-refractivity contribution in [1.82, 2.24) is 10.1 Å². The van der Waals surface area contributed by atoms with E-state index in [0.717, 1.165) is 11.1 Å². The Morgan fingerprint density at radius 2 is 1.93 bits per heavy atom. The normalized spacial score (nSPS) is 10.5. The molecule has 1 heterocycles. The van der Waals surface area contributed by atoms with Gasteiger partial charge >= 0.3 is 0 Å². The summed E-state index contributed by atoms with van der Waals surface area (Å²) in [5, 5.41) is 7.08. The summed E-state index contributed by atoms with van der Waals surface area (Å²) in [4.78, 5) is 16.7. The van der Waals surface area contributed by atoms with Crippen LogP contribution in [0.1, 0.15) is 11.5 Å². The number of rotatable bonds is 6. The number of halogens is 1. The summed E-state index contributed by atoms with van der Waals surface area (Å²) in [5.74, 6) is 1.16. The van der Waals surface area contributed by atoms with E-state index in [1.807, 2.05) is 31.2 Å². The molecule has 0 spiro atoms. The lowest BCUT2D eigenvalue weighted by molar-refractivity contribution is -0.115. The van der Waals surface area contributed by atoms with Gasteiger partial charge in [-0.05, 0) is 12.5 Å². The lowest BCUT2D eigenvalue weighted by atomic mass is 10.1. The SMILES string of the molecule is COc1cc(NC(=O)Cc2nc(-c3ccccc3C)no2)c(OC)cc1Cl. The third-order valence-electron chi connectivity index (χ3n) is 3.91. The number of carbonyl (C=O) groups is 1. The molecule has 0 fully saturated rings. The van der Waals surface area contributed by atoms with Crippen molar-refractivity contribution in [3.8, 4) is 22.9 Å². The molecule has 0 aliphatic rings. The van der Waals surface area contributed by atoms with E-state index in [1.165, 1.54) is 14.2 Å². The molecule has 8 heteroatoms. The average molecular weight is 388 g/mol. The van der Waals surface area contributed by atoms with E-state index < -0.39 is 0 Å². The zero-order valence-corrected chi connectivity index (χ0v) is 15.8. The number of aryl methyl sites for hydroxylation is 1. The number of benzene rings is 2. The predicted molar refractivity (Wildman–Crippen MR) is 101 cm³/mol. The van der Waals surface area contributed by atoms with Crippen molar-refractivity contribution in [2.24, 2.45) is 0 Å². The largest absolute Gasteiger partial charge is 0.495 e. The lowest BCUT2D eigenvalue weighted by Gasteiger charge is -2.12. The quantitative estimate of drug-likeness (QED) is 0.690. The van der Waals surface area contributed by atoms with Crippen LogP contribution in [0.5, 0.6) is 11.5 Å². The van der Waals surface area contributed by atoms with Crippen molar-refractivity contribution in [2.75, 3.05) is 19.5 Å². The lowest BCUT2D eigenvalue weighted by Crippen LogP contribution is -2.15. The van der Waals surface area contributed by atoms with Crippen LogP contribution >= 0.6 is 11.6 Å². The zero-order valence-electron chi connectivity index (χ0n) is 15.1. The second kappa shape index (κ2) is 8.09. The minimum absolute atomic E-state index is 0.0764. The van der Waals surface area contributed by atoms with Crippen LogP contribution < -0.4 is 14.8 Å². The fourth-order valence-corrected chi connectivity index (χ4v) is 2.78. The standard InChI is InChI=1S/C19H18ClN3O4/c1-11-6-4-5-7-12(11)19-22-18(27-23-19)10-17(24)21-14-9-15(25-2)13(20)8-16(14)26-3/h4-9H,10H2,1-3H3,(H,21,24). The van der Waals surface area contributed by atoms with Crippen LogP contribution in [-0.4, -0.2) is 30.3 Å². The molecular formula is C19H18ClN3O4. The van der Waals surface area contributed by atoms with Gasteiger partial charge in [-0.2, -0.15) is 4.98 Å². The number of anilines is 1. The van der Waals surface area contributed by atoms with Crippen molar-refractivity contribution in [1.29, 1.82) is 0 Å². The Labute approximate surface area is 161 Å². The van der Waals surface area contributed by atoms with Crippen LogP contribution in [-0.2, 0) is 11.2 Å². The molecular weight excluding hydrogens is 370 g/mol. The Balaban J connectivity index is 1.75. The molecule has 3 aromatic rings. The predicted octanol–water partition coefficient (Wildman–Crippen LogP) is 3.90. The highest BCUT2D eigenvalue weighted by Crippen LogP contribution is 2.35. The van der Waals surface area contributed by atoms with Crippen LogP contribution in [0.15, 0.2) is 40.9 Å². The number of hydrogen-bond acceptors (Lipinski definition) is 6. The fraction of sp³-hybridized carbons (Fsp3) is 0.211. The topological polar surface area (TPSA) is 86.5 Å². The summed E-state index contributed by atoms with van der Waals surface area (Å²) in [7, 11) is 2.98. The highest BCUT2D eigenvalue weighted by molar-refractivity contribution is 6.32. The van der Waals surface area contributed by atoms with Crippen molar-refractivity contribution in [3.63, 3.8) is 0 Å². The number of amides is 1. The van der Waals surface area contributed by atoms with Gasteiger partial charge in [0.05, 0.1) is 24.9 Å². The molecule has 0 bridgehead atoms. The molecule has 140 valence electrons. The number of ether oxygens (including phenoxy) is 2. The maximum Gasteiger partial charge on any atom is 0.236 e. The van der Waals surface area contributed by atoms with Crippen LogP contribution in [0.2, 0.25) is 5.02 Å². The third kappa shape index (κ3) is 4.20. The highest BCUT2D eigenvalue weighted by Gasteiger charge is 2.16. The van der Waals surface area contributed by atoms with Gasteiger partial charge in [-0.25, -0.2) is 0 Å². The first-order chi connectivity index (χ1) is 13.0. The Bertz CT molecular complexity index is 971. The summed E-state index contributed by atoms with van der Waals surface area (Å²) in [6.45, 7) is 1.96. The molecule has 1 amide bonds. The first-order valence-electron chi connectivity index (χ1n) is 8.11. The summed E-state index contributed by atoms with van der Waals surface area (Å²) in [5.41, 5.74) is 2.31. The Morgan fingerprint density at radius 3 is 2.63 bits per heavy atom. The van der Waals surface area contributed by atoms with Crippen LogP contribution in [0.25, 0.3) is 11.4 Å². The van der Waals surface area contributed by atoms with E-state index >= 15 is 0 Å². The Hall–Kier alpha value is -3.06. The third-order valence-corrected chi connectivity index (χ3v) is 4.21. The molecule has 2 aromatic carbocycles. The van der Waals surface area contributed by atoms with Crippen molar-refractivity contribution in [2.45, 2.75) is 13.3 Å². The molecule has 27 heavy (non-hydrogen) atoms. The second-order valence-corrected chi connectivity index (χ2v) is 6.15. The van der Waals surface area contributed by atoms with E-state index in [-0.39, 0.29) is 18.2 Å². The van der Waals surface area contributed by atoms with Gasteiger partial charge in [0.15, 0.2) is 0 Å². The number of methoxy groups -OCH3 is 2. The van der Waals surface area contributed by atoms with Gasteiger partial charge in [0.2, 0.25) is 17.6 Å². The van der Waals surface area contributed by atoms with E-state index in [1.54, 1.807) is 12.1 Å². The smallest absolute Gasteiger partial charge is 0.236 e. The molecule has 0 saturated carbocycles. The molecule has 0 saturated heterocycles. The number of aromatic nitrogens is 2. The van der Waals surface area contributed by atoms with Gasteiger partial charge in [0, 0.05) is 17.7 Å². The van der Waals surface area contributed by atoms with Crippen molar-refractivity contribution >= 4 is 23.2 Å². The monoisotopic (exact) mass is 387 g/mol. The molecule has 7 nitrogen and oxygen atoms in total. The summed E-state index contributed by atoms with van der Waals surface area (Å²) >= 11 is 6.07. The molecule has 0 aliphatic heterocycles. The molecule has 1 aromatic heterocycles. The van der Waals surface area contributed by atoms with Gasteiger partial charge in [0.1, 0.15) is 17.9 Å². The van der Waals surface area contributed by atoms with Gasteiger partial charge in [-0.3, -0.25) is 4.79 Å². The van der Waals surface area contributed by atoms with Crippen LogP contribution in [0.3, 0.4) is 0 Å². The zero-order chi connectivity index (χ0) is 19.4. The summed E-state index contributed by atoms with van der Waals surface area (Å²) in [6, 6.07) is 10.8. The molecule has 0 radical (unpaired) electrons. The van der Waals surface area contributed by atoms with Crippen LogP contribution in [0.4, 0.5) is 5.69 Å². The van der Waals surface area contributed by atoms with Gasteiger partial charge in [-0.15, -0.1) is 0 Å². The van der Waals surface area contributed by atoms with E-state index in [4.69, 9.17) is 25.6 Å². The maximum atomic E-state index is 12.4. The van der Waals surface area contributed by atoms with E-state index in [9.17, 15) is 4.79 Å². The van der Waals surface area contributed by atoms with Gasteiger partial charge in [-0.1, -0.05) is 41.0 Å². The second-order valence-electron chi connectivity index (χ2n) is 5.74. The van der Waals surface area contributed by atoms with Gasteiger partial charge < -0.3 is 19.3 Å². The fourth-order valence-electron chi connectivity index (χ4n) is 2.55. The molecule has 0 atom stereocenters. The van der Waals surface area contributed by atoms with Crippen LogP contribution in [0, 0.1) is 6.92 Å². The molecule has 0 unspecified atom stereocenters. The number of nitrogens with one attached hydrogen (secondary N) is 1. The molecule has 1 N–H and O–H groups in total. The summed E-state index contributed by atoms with van der Waals surface area (Å²) < 4.78 is 15.6.